The minimum absolute atomic E-state index is 0.143. The smallest absolute Gasteiger partial charge is 0.137 e. The summed E-state index contributed by atoms with van der Waals surface area (Å²) in [6, 6.07) is 58.1. The number of fused-ring (bicyclic) bond motifs is 10. The zero-order chi connectivity index (χ0) is 39.7. The summed E-state index contributed by atoms with van der Waals surface area (Å²) in [5, 5.41) is 4.70. The molecule has 2 nitrogen and oxygen atoms in total. The molecule has 0 saturated heterocycles. The average Bonchev–Trinajstić information content (AvgIpc) is 3.80. The molecule has 0 amide bonds. The normalized spacial score (nSPS) is 14.7. The highest BCUT2D eigenvalue weighted by Gasteiger charge is 2.50. The van der Waals surface area contributed by atoms with Gasteiger partial charge in [-0.05, 0) is 96.3 Å². The summed E-state index contributed by atoms with van der Waals surface area (Å²) >= 11 is 0. The molecule has 1 heterocycles. The number of furan rings is 1. The third-order valence-electron chi connectivity index (χ3n) is 13.3. The molecule has 0 saturated carbocycles. The largest absolute Gasteiger partial charge is 0.456 e. The summed E-state index contributed by atoms with van der Waals surface area (Å²) in [4.78, 5) is 2.62. The molecule has 1 aromatic heterocycles. The van der Waals surface area contributed by atoms with Crippen LogP contribution in [0.5, 0.6) is 0 Å². The Bertz CT molecular complexity index is 3070. The van der Waals surface area contributed by atoms with Crippen molar-refractivity contribution < 1.29 is 4.42 Å². The van der Waals surface area contributed by atoms with Crippen LogP contribution in [0.15, 0.2) is 162 Å². The maximum absolute atomic E-state index is 6.69. The molecule has 9 aromatic rings. The first-order valence-corrected chi connectivity index (χ1v) is 20.7. The maximum Gasteiger partial charge on any atom is 0.137 e. The Morgan fingerprint density at radius 1 is 0.466 bits per heavy atom. The molecule has 0 atom stereocenters. The van der Waals surface area contributed by atoms with Crippen LogP contribution in [0.25, 0.3) is 66.1 Å². The highest BCUT2D eigenvalue weighted by molar-refractivity contribution is 6.11. The van der Waals surface area contributed by atoms with Gasteiger partial charge >= 0.3 is 0 Å². The van der Waals surface area contributed by atoms with E-state index >= 15 is 0 Å². The molecule has 2 heteroatoms. The Labute approximate surface area is 341 Å². The highest BCUT2D eigenvalue weighted by Crippen LogP contribution is 2.66. The van der Waals surface area contributed by atoms with E-state index in [9.17, 15) is 0 Å². The molecule has 0 radical (unpaired) electrons. The predicted octanol–water partition coefficient (Wildman–Crippen LogP) is 15.8. The summed E-state index contributed by atoms with van der Waals surface area (Å²) in [6.45, 7) is 17.0. The summed E-state index contributed by atoms with van der Waals surface area (Å²) < 4.78 is 6.69. The van der Waals surface area contributed by atoms with Crippen LogP contribution < -0.4 is 4.90 Å². The molecule has 0 bridgehead atoms. The van der Waals surface area contributed by atoms with Crippen molar-refractivity contribution in [1.82, 2.24) is 0 Å². The molecular weight excluding hydrogens is 703 g/mol. The van der Waals surface area contributed by atoms with E-state index in [0.29, 0.717) is 0 Å². The SMILES string of the molecule is CC(C)(C)c1c2c(c(N(c3ccc4c(c3)oc3ccccc34)c3ccc(-c4ccccc4)c4ccccc34)c3c1-c1ccccc1C3(C)C)C(C)(C)c1ccccc1-2. The lowest BCUT2D eigenvalue weighted by Gasteiger charge is -2.39. The zero-order valence-corrected chi connectivity index (χ0v) is 34.4. The molecule has 0 spiro atoms. The average molecular weight is 750 g/mol. The minimum Gasteiger partial charge on any atom is -0.456 e. The van der Waals surface area contributed by atoms with Crippen molar-refractivity contribution in [2.75, 3.05) is 4.90 Å². The first-order chi connectivity index (χ1) is 28.0. The van der Waals surface area contributed by atoms with E-state index in [1.807, 2.05) is 0 Å². The standard InChI is InChI=1S/C56H47NO/c1-54(2,3)50-48-41-24-13-16-26-43(41)55(4,5)51(48)53(52-49(50)42-25-14-17-27-44(42)56(52,6)7)57(35-29-30-40-39-23-15-18-28-46(39)58-47(40)33-35)45-32-31-36(34-19-9-8-10-20-34)37-21-11-12-22-38(37)45/h8-33H,1-7H3. The molecule has 2 aliphatic carbocycles. The van der Waals surface area contributed by atoms with Gasteiger partial charge in [0.25, 0.3) is 0 Å². The van der Waals surface area contributed by atoms with Crippen LogP contribution >= 0.6 is 0 Å². The second-order valence-corrected chi connectivity index (χ2v) is 18.5. The molecule has 0 N–H and O–H groups in total. The Kier molecular flexibility index (Phi) is 7.25. The number of anilines is 3. The molecule has 0 fully saturated rings. The monoisotopic (exact) mass is 749 g/mol. The predicted molar refractivity (Wildman–Crippen MR) is 245 cm³/mol. The van der Waals surface area contributed by atoms with E-state index in [4.69, 9.17) is 4.42 Å². The Morgan fingerprint density at radius 2 is 1.00 bits per heavy atom. The number of rotatable bonds is 4. The van der Waals surface area contributed by atoms with Gasteiger partial charge in [0.2, 0.25) is 0 Å². The summed E-state index contributed by atoms with van der Waals surface area (Å²) in [5.41, 5.74) is 19.4. The van der Waals surface area contributed by atoms with Gasteiger partial charge in [-0.2, -0.15) is 0 Å². The fraction of sp³-hybridized carbons (Fsp3) is 0.179. The fourth-order valence-corrected chi connectivity index (χ4v) is 10.8. The van der Waals surface area contributed by atoms with E-state index in [1.54, 1.807) is 0 Å². The maximum atomic E-state index is 6.69. The molecule has 8 aromatic carbocycles. The van der Waals surface area contributed by atoms with Crippen LogP contribution in [-0.4, -0.2) is 0 Å². The van der Waals surface area contributed by atoms with E-state index < -0.39 is 0 Å². The Morgan fingerprint density at radius 3 is 1.64 bits per heavy atom. The minimum atomic E-state index is -0.303. The van der Waals surface area contributed by atoms with E-state index in [0.717, 1.165) is 33.3 Å². The molecule has 11 rings (SSSR count). The lowest BCUT2D eigenvalue weighted by molar-refractivity contribution is 0.587. The summed E-state index contributed by atoms with van der Waals surface area (Å²) in [6.07, 6.45) is 0. The lowest BCUT2D eigenvalue weighted by atomic mass is 9.70. The number of hydrogen-bond donors (Lipinski definition) is 0. The zero-order valence-electron chi connectivity index (χ0n) is 34.4. The van der Waals surface area contributed by atoms with Gasteiger partial charge in [0.15, 0.2) is 0 Å². The number of hydrogen-bond acceptors (Lipinski definition) is 2. The molecule has 282 valence electrons. The molecule has 58 heavy (non-hydrogen) atoms. The van der Waals surface area contributed by atoms with Crippen LogP contribution in [0, 0.1) is 0 Å². The fourth-order valence-electron chi connectivity index (χ4n) is 10.8. The van der Waals surface area contributed by atoms with Gasteiger partial charge in [0.1, 0.15) is 11.2 Å². The second kappa shape index (κ2) is 12.1. The van der Waals surface area contributed by atoms with Crippen LogP contribution in [0.3, 0.4) is 0 Å². The lowest BCUT2D eigenvalue weighted by Crippen LogP contribution is -2.28. The molecular formula is C56H47NO. The first-order valence-electron chi connectivity index (χ1n) is 20.7. The Balaban J connectivity index is 1.35. The van der Waals surface area contributed by atoms with Crippen molar-refractivity contribution in [2.45, 2.75) is 64.7 Å². The molecule has 0 aliphatic heterocycles. The van der Waals surface area contributed by atoms with Gasteiger partial charge < -0.3 is 9.32 Å². The van der Waals surface area contributed by atoms with Gasteiger partial charge in [0.05, 0.1) is 11.4 Å². The molecule has 2 aliphatic rings. The van der Waals surface area contributed by atoms with Gasteiger partial charge in [-0.15, -0.1) is 0 Å². The van der Waals surface area contributed by atoms with Gasteiger partial charge in [0, 0.05) is 38.7 Å². The highest BCUT2D eigenvalue weighted by atomic mass is 16.3. The van der Waals surface area contributed by atoms with Crippen LogP contribution in [-0.2, 0) is 16.2 Å². The third-order valence-corrected chi connectivity index (χ3v) is 13.3. The van der Waals surface area contributed by atoms with E-state index in [-0.39, 0.29) is 16.2 Å². The van der Waals surface area contributed by atoms with Gasteiger partial charge in [-0.1, -0.05) is 176 Å². The van der Waals surface area contributed by atoms with Crippen LogP contribution in [0.2, 0.25) is 0 Å². The Hall–Kier alpha value is -6.38. The van der Waals surface area contributed by atoms with Crippen molar-refractivity contribution in [3.8, 4) is 33.4 Å². The van der Waals surface area contributed by atoms with Gasteiger partial charge in [-0.25, -0.2) is 0 Å². The quantitative estimate of drug-likeness (QED) is 0.178. The second-order valence-electron chi connectivity index (χ2n) is 18.5. The third kappa shape index (κ3) is 4.72. The van der Waals surface area contributed by atoms with E-state index in [1.165, 1.54) is 77.7 Å². The van der Waals surface area contributed by atoms with Crippen LogP contribution in [0.1, 0.15) is 76.3 Å². The first kappa shape index (κ1) is 34.8. The number of nitrogens with zero attached hydrogens (tertiary/aromatic N) is 1. The topological polar surface area (TPSA) is 16.4 Å². The van der Waals surface area contributed by atoms with Crippen LogP contribution in [0.4, 0.5) is 17.1 Å². The number of para-hydroxylation sites is 1. The summed E-state index contributed by atoms with van der Waals surface area (Å²) in [7, 11) is 0. The van der Waals surface area contributed by atoms with Gasteiger partial charge in [-0.3, -0.25) is 0 Å². The van der Waals surface area contributed by atoms with Crippen molar-refractivity contribution in [1.29, 1.82) is 0 Å². The number of benzene rings is 8. The van der Waals surface area contributed by atoms with Crippen molar-refractivity contribution in [3.05, 3.63) is 186 Å². The van der Waals surface area contributed by atoms with Crippen molar-refractivity contribution >= 4 is 49.8 Å². The van der Waals surface area contributed by atoms with E-state index in [2.05, 4.69) is 211 Å². The summed E-state index contributed by atoms with van der Waals surface area (Å²) in [5.74, 6) is 0. The van der Waals surface area contributed by atoms with Crippen molar-refractivity contribution in [3.63, 3.8) is 0 Å². The van der Waals surface area contributed by atoms with Crippen molar-refractivity contribution in [2.24, 2.45) is 0 Å². The molecule has 0 unspecified atom stereocenters.